The van der Waals surface area contributed by atoms with Gasteiger partial charge < -0.3 is 10.1 Å². The van der Waals surface area contributed by atoms with E-state index in [2.05, 4.69) is 44.7 Å². The molecule has 1 aliphatic heterocycles. The third-order valence-corrected chi connectivity index (χ3v) is 5.63. The van der Waals surface area contributed by atoms with E-state index in [1.807, 2.05) is 6.07 Å². The SMILES string of the molecule is Fc1ccc(Cc2nnc(NC(CN3CCOCC3)c3ccccc3)s2)cc1. The summed E-state index contributed by atoms with van der Waals surface area (Å²) in [6, 6.07) is 17.1. The summed E-state index contributed by atoms with van der Waals surface area (Å²) < 4.78 is 18.5. The molecule has 0 aliphatic carbocycles. The molecule has 1 aromatic heterocycles. The van der Waals surface area contributed by atoms with Crippen LogP contribution in [-0.2, 0) is 11.2 Å². The Morgan fingerprint density at radius 2 is 1.79 bits per heavy atom. The number of halogens is 1. The van der Waals surface area contributed by atoms with Crippen molar-refractivity contribution in [2.45, 2.75) is 12.5 Å². The normalized spacial score (nSPS) is 16.0. The van der Waals surface area contributed by atoms with Crippen molar-refractivity contribution in [2.24, 2.45) is 0 Å². The minimum Gasteiger partial charge on any atom is -0.379 e. The zero-order valence-electron chi connectivity index (χ0n) is 15.6. The summed E-state index contributed by atoms with van der Waals surface area (Å²) in [5, 5.41) is 13.9. The number of hydrogen-bond acceptors (Lipinski definition) is 6. The first-order chi connectivity index (χ1) is 13.8. The maximum Gasteiger partial charge on any atom is 0.206 e. The van der Waals surface area contributed by atoms with Gasteiger partial charge >= 0.3 is 0 Å². The molecule has 1 aliphatic rings. The number of anilines is 1. The number of morpholine rings is 1. The highest BCUT2D eigenvalue weighted by Gasteiger charge is 2.19. The highest BCUT2D eigenvalue weighted by Crippen LogP contribution is 2.25. The molecule has 28 heavy (non-hydrogen) atoms. The lowest BCUT2D eigenvalue weighted by atomic mass is 10.1. The molecule has 1 atom stereocenters. The Hall–Kier alpha value is -2.35. The molecule has 0 spiro atoms. The van der Waals surface area contributed by atoms with E-state index in [-0.39, 0.29) is 11.9 Å². The predicted molar refractivity (Wildman–Crippen MR) is 109 cm³/mol. The van der Waals surface area contributed by atoms with E-state index in [0.29, 0.717) is 6.42 Å². The molecular weight excluding hydrogens is 375 g/mol. The van der Waals surface area contributed by atoms with Crippen molar-refractivity contribution in [3.63, 3.8) is 0 Å². The van der Waals surface area contributed by atoms with Crippen LogP contribution in [0.3, 0.4) is 0 Å². The standard InChI is InChI=1S/C21H23FN4OS/c22-18-8-6-16(7-9-18)14-20-24-25-21(28-20)23-19(17-4-2-1-3-5-17)15-26-10-12-27-13-11-26/h1-9,19H,10-15H2,(H,23,25). The third kappa shape index (κ3) is 5.13. The molecule has 5 nitrogen and oxygen atoms in total. The zero-order chi connectivity index (χ0) is 19.2. The van der Waals surface area contributed by atoms with Gasteiger partial charge in [-0.25, -0.2) is 4.39 Å². The second kappa shape index (κ2) is 9.23. The Bertz CT molecular complexity index is 866. The summed E-state index contributed by atoms with van der Waals surface area (Å²) in [4.78, 5) is 2.41. The maximum atomic E-state index is 13.1. The summed E-state index contributed by atoms with van der Waals surface area (Å²) in [6.07, 6.45) is 0.652. The van der Waals surface area contributed by atoms with E-state index in [0.717, 1.165) is 48.6 Å². The van der Waals surface area contributed by atoms with Gasteiger partial charge in [0, 0.05) is 26.1 Å². The first-order valence-corrected chi connectivity index (χ1v) is 10.3. The molecule has 0 radical (unpaired) electrons. The fourth-order valence-corrected chi connectivity index (χ4v) is 4.10. The van der Waals surface area contributed by atoms with Gasteiger partial charge in [-0.05, 0) is 23.3 Å². The number of nitrogens with zero attached hydrogens (tertiary/aromatic N) is 3. The number of nitrogens with one attached hydrogen (secondary N) is 1. The van der Waals surface area contributed by atoms with Crippen molar-refractivity contribution in [2.75, 3.05) is 38.2 Å². The molecule has 7 heteroatoms. The number of aromatic nitrogens is 2. The largest absolute Gasteiger partial charge is 0.379 e. The van der Waals surface area contributed by atoms with Gasteiger partial charge in [-0.15, -0.1) is 10.2 Å². The van der Waals surface area contributed by atoms with Crippen LogP contribution in [0.1, 0.15) is 22.2 Å². The lowest BCUT2D eigenvalue weighted by Crippen LogP contribution is -2.40. The number of hydrogen-bond donors (Lipinski definition) is 1. The average molecular weight is 399 g/mol. The number of ether oxygens (including phenoxy) is 1. The van der Waals surface area contributed by atoms with Crippen LogP contribution in [0.4, 0.5) is 9.52 Å². The lowest BCUT2D eigenvalue weighted by Gasteiger charge is -2.31. The van der Waals surface area contributed by atoms with Crippen LogP contribution in [0, 0.1) is 5.82 Å². The van der Waals surface area contributed by atoms with Crippen molar-refractivity contribution in [3.8, 4) is 0 Å². The van der Waals surface area contributed by atoms with Gasteiger partial charge in [0.25, 0.3) is 0 Å². The van der Waals surface area contributed by atoms with Gasteiger partial charge in [-0.2, -0.15) is 0 Å². The van der Waals surface area contributed by atoms with E-state index in [1.54, 1.807) is 23.5 Å². The molecule has 146 valence electrons. The van der Waals surface area contributed by atoms with E-state index in [4.69, 9.17) is 4.74 Å². The van der Waals surface area contributed by atoms with E-state index in [1.165, 1.54) is 17.7 Å². The van der Waals surface area contributed by atoms with Gasteiger partial charge in [-0.3, -0.25) is 4.90 Å². The second-order valence-corrected chi connectivity index (χ2v) is 7.89. The molecule has 2 aromatic carbocycles. The van der Waals surface area contributed by atoms with E-state index < -0.39 is 0 Å². The fraction of sp³-hybridized carbons (Fsp3) is 0.333. The van der Waals surface area contributed by atoms with Crippen molar-refractivity contribution >= 4 is 16.5 Å². The van der Waals surface area contributed by atoms with Crippen molar-refractivity contribution in [1.82, 2.24) is 15.1 Å². The summed E-state index contributed by atoms with van der Waals surface area (Å²) in [5.41, 5.74) is 2.25. The molecule has 3 aromatic rings. The quantitative estimate of drug-likeness (QED) is 0.657. The molecular formula is C21H23FN4OS. The first-order valence-electron chi connectivity index (χ1n) is 9.45. The Labute approximate surface area is 168 Å². The second-order valence-electron chi connectivity index (χ2n) is 6.82. The minimum absolute atomic E-state index is 0.130. The first kappa shape index (κ1) is 19.0. The maximum absolute atomic E-state index is 13.1. The van der Waals surface area contributed by atoms with Crippen LogP contribution in [0.2, 0.25) is 0 Å². The molecule has 2 heterocycles. The molecule has 4 rings (SSSR count). The summed E-state index contributed by atoms with van der Waals surface area (Å²) >= 11 is 1.55. The highest BCUT2D eigenvalue weighted by atomic mass is 32.1. The van der Waals surface area contributed by atoms with Gasteiger partial charge in [0.05, 0.1) is 19.3 Å². The molecule has 1 unspecified atom stereocenters. The predicted octanol–water partition coefficient (Wildman–Crippen LogP) is 3.75. The monoisotopic (exact) mass is 398 g/mol. The van der Waals surface area contributed by atoms with Gasteiger partial charge in [0.15, 0.2) is 0 Å². The minimum atomic E-state index is -0.225. The molecule has 0 saturated carbocycles. The molecule has 0 amide bonds. The van der Waals surface area contributed by atoms with Crippen LogP contribution >= 0.6 is 11.3 Å². The Morgan fingerprint density at radius 3 is 2.54 bits per heavy atom. The topological polar surface area (TPSA) is 50.3 Å². The Balaban J connectivity index is 1.45. The lowest BCUT2D eigenvalue weighted by molar-refractivity contribution is 0.0361. The van der Waals surface area contributed by atoms with Crippen LogP contribution in [0.5, 0.6) is 0 Å². The van der Waals surface area contributed by atoms with Crippen LogP contribution in [0.15, 0.2) is 54.6 Å². The Kier molecular flexibility index (Phi) is 6.26. The van der Waals surface area contributed by atoms with Gasteiger partial charge in [0.2, 0.25) is 5.13 Å². The molecule has 1 N–H and O–H groups in total. The number of rotatable bonds is 7. The van der Waals surface area contributed by atoms with Crippen molar-refractivity contribution < 1.29 is 9.13 Å². The van der Waals surface area contributed by atoms with Crippen molar-refractivity contribution in [1.29, 1.82) is 0 Å². The Morgan fingerprint density at radius 1 is 1.04 bits per heavy atom. The summed E-state index contributed by atoms with van der Waals surface area (Å²) in [6.45, 7) is 4.33. The molecule has 0 bridgehead atoms. The highest BCUT2D eigenvalue weighted by molar-refractivity contribution is 7.15. The van der Waals surface area contributed by atoms with E-state index in [9.17, 15) is 4.39 Å². The van der Waals surface area contributed by atoms with Crippen molar-refractivity contribution in [3.05, 3.63) is 76.5 Å². The zero-order valence-corrected chi connectivity index (χ0v) is 16.4. The summed E-state index contributed by atoms with van der Waals surface area (Å²) in [7, 11) is 0. The molecule has 1 fully saturated rings. The van der Waals surface area contributed by atoms with Crippen LogP contribution < -0.4 is 5.32 Å². The third-order valence-electron chi connectivity index (χ3n) is 4.78. The van der Waals surface area contributed by atoms with Gasteiger partial charge in [0.1, 0.15) is 10.8 Å². The van der Waals surface area contributed by atoms with Crippen LogP contribution in [0.25, 0.3) is 0 Å². The smallest absolute Gasteiger partial charge is 0.206 e. The van der Waals surface area contributed by atoms with E-state index >= 15 is 0 Å². The average Bonchev–Trinajstić information content (AvgIpc) is 3.17. The summed E-state index contributed by atoms with van der Waals surface area (Å²) in [5.74, 6) is -0.225. The van der Waals surface area contributed by atoms with Gasteiger partial charge in [-0.1, -0.05) is 53.8 Å². The fourth-order valence-electron chi connectivity index (χ4n) is 3.27. The number of benzene rings is 2. The van der Waals surface area contributed by atoms with Crippen LogP contribution in [-0.4, -0.2) is 47.9 Å². The molecule has 1 saturated heterocycles.